The molecule has 0 aliphatic heterocycles. The number of halogens is 1. The maximum atomic E-state index is 4.34. The summed E-state index contributed by atoms with van der Waals surface area (Å²) in [6.45, 7) is 8.51. The number of aromatic nitrogens is 2. The fourth-order valence-electron chi connectivity index (χ4n) is 1.15. The van der Waals surface area contributed by atoms with Gasteiger partial charge in [0.25, 0.3) is 0 Å². The van der Waals surface area contributed by atoms with Gasteiger partial charge in [0.1, 0.15) is 0 Å². The molecule has 1 aromatic heterocycles. The maximum Gasteiger partial charge on any atom is 0.174 e. The van der Waals surface area contributed by atoms with E-state index < -0.39 is 0 Å². The number of H-pyrrole nitrogens is 1. The molecule has 2 nitrogen and oxygen atoms in total. The van der Waals surface area contributed by atoms with Crippen molar-refractivity contribution in [2.75, 3.05) is 0 Å². The van der Waals surface area contributed by atoms with E-state index in [4.69, 9.17) is 0 Å². The minimum Gasteiger partial charge on any atom is -0.336 e. The second kappa shape index (κ2) is 2.63. The van der Waals surface area contributed by atoms with Gasteiger partial charge in [0, 0.05) is 11.1 Å². The van der Waals surface area contributed by atoms with Crippen LogP contribution in [0.3, 0.4) is 0 Å². The molecule has 0 saturated carbocycles. The zero-order chi connectivity index (χ0) is 8.65. The minimum absolute atomic E-state index is 0.132. The van der Waals surface area contributed by atoms with Crippen molar-refractivity contribution in [1.29, 1.82) is 0 Å². The van der Waals surface area contributed by atoms with Crippen molar-refractivity contribution in [2.24, 2.45) is 0 Å². The van der Waals surface area contributed by atoms with Crippen molar-refractivity contribution in [2.45, 2.75) is 33.1 Å². The lowest BCUT2D eigenvalue weighted by Crippen LogP contribution is -2.13. The summed E-state index contributed by atoms with van der Waals surface area (Å²) in [6, 6.07) is 0. The highest BCUT2D eigenvalue weighted by atomic mass is 79.9. The second-order valence-corrected chi connectivity index (χ2v) is 4.50. The number of hydrogen-bond donors (Lipinski definition) is 1. The van der Waals surface area contributed by atoms with Crippen LogP contribution in [0.2, 0.25) is 0 Å². The highest BCUT2D eigenvalue weighted by molar-refractivity contribution is 9.10. The van der Waals surface area contributed by atoms with Crippen molar-refractivity contribution in [1.82, 2.24) is 9.97 Å². The van der Waals surface area contributed by atoms with Crippen LogP contribution in [-0.2, 0) is 5.41 Å². The van der Waals surface area contributed by atoms with Gasteiger partial charge in [0.2, 0.25) is 0 Å². The fourth-order valence-corrected chi connectivity index (χ4v) is 1.63. The van der Waals surface area contributed by atoms with Gasteiger partial charge < -0.3 is 4.98 Å². The smallest absolute Gasteiger partial charge is 0.174 e. The minimum atomic E-state index is 0.132. The lowest BCUT2D eigenvalue weighted by Gasteiger charge is -2.15. The topological polar surface area (TPSA) is 28.7 Å². The van der Waals surface area contributed by atoms with Crippen LogP contribution in [0.25, 0.3) is 0 Å². The van der Waals surface area contributed by atoms with Gasteiger partial charge in [-0.1, -0.05) is 20.8 Å². The molecule has 11 heavy (non-hydrogen) atoms. The normalized spacial score (nSPS) is 12.1. The van der Waals surface area contributed by atoms with Crippen LogP contribution in [0, 0.1) is 6.92 Å². The van der Waals surface area contributed by atoms with Gasteiger partial charge in [-0.15, -0.1) is 0 Å². The van der Waals surface area contributed by atoms with Gasteiger partial charge >= 0.3 is 0 Å². The Labute approximate surface area is 75.6 Å². The summed E-state index contributed by atoms with van der Waals surface area (Å²) in [7, 11) is 0. The number of imidazole rings is 1. The Morgan fingerprint density at radius 2 is 1.91 bits per heavy atom. The third-order valence-corrected chi connectivity index (χ3v) is 1.94. The van der Waals surface area contributed by atoms with Gasteiger partial charge in [-0.25, -0.2) is 4.98 Å². The van der Waals surface area contributed by atoms with Gasteiger partial charge in [-0.2, -0.15) is 0 Å². The first-order chi connectivity index (χ1) is 4.91. The van der Waals surface area contributed by atoms with Crippen LogP contribution >= 0.6 is 15.9 Å². The van der Waals surface area contributed by atoms with E-state index in [9.17, 15) is 0 Å². The monoisotopic (exact) mass is 216 g/mol. The fraction of sp³-hybridized carbons (Fsp3) is 0.625. The molecular weight excluding hydrogens is 204 g/mol. The lowest BCUT2D eigenvalue weighted by molar-refractivity contribution is 0.567. The van der Waals surface area contributed by atoms with Crippen LogP contribution in [0.1, 0.15) is 32.2 Å². The lowest BCUT2D eigenvalue weighted by atomic mass is 9.91. The quantitative estimate of drug-likeness (QED) is 0.711. The van der Waals surface area contributed by atoms with E-state index in [0.717, 1.165) is 16.1 Å². The molecule has 0 aliphatic rings. The van der Waals surface area contributed by atoms with Crippen LogP contribution < -0.4 is 0 Å². The molecule has 0 atom stereocenters. The number of nitrogens with zero attached hydrogens (tertiary/aromatic N) is 1. The molecule has 0 spiro atoms. The Hall–Kier alpha value is -0.310. The average molecular weight is 217 g/mol. The number of rotatable bonds is 0. The van der Waals surface area contributed by atoms with Crippen molar-refractivity contribution in [3.8, 4) is 0 Å². The number of hydrogen-bond acceptors (Lipinski definition) is 1. The van der Waals surface area contributed by atoms with E-state index in [1.165, 1.54) is 0 Å². The summed E-state index contributed by atoms with van der Waals surface area (Å²) in [5.74, 6) is 0. The van der Waals surface area contributed by atoms with Gasteiger partial charge in [0.05, 0.1) is 5.69 Å². The molecule has 1 N–H and O–H groups in total. The molecule has 0 fully saturated rings. The molecule has 0 bridgehead atoms. The summed E-state index contributed by atoms with van der Waals surface area (Å²) < 4.78 is 0.819. The van der Waals surface area contributed by atoms with Crippen molar-refractivity contribution >= 4 is 15.9 Å². The van der Waals surface area contributed by atoms with E-state index in [1.807, 2.05) is 6.92 Å². The molecule has 0 aromatic carbocycles. The van der Waals surface area contributed by atoms with E-state index >= 15 is 0 Å². The molecule has 62 valence electrons. The van der Waals surface area contributed by atoms with E-state index in [0.29, 0.717) is 0 Å². The summed E-state index contributed by atoms with van der Waals surface area (Å²) in [5, 5.41) is 0. The molecule has 1 aromatic rings. The van der Waals surface area contributed by atoms with Crippen LogP contribution in [0.15, 0.2) is 4.73 Å². The summed E-state index contributed by atoms with van der Waals surface area (Å²) in [4.78, 5) is 7.46. The van der Waals surface area contributed by atoms with Gasteiger partial charge in [-0.05, 0) is 22.9 Å². The molecular formula is C8H13BrN2. The van der Waals surface area contributed by atoms with E-state index in [2.05, 4.69) is 46.7 Å². The Morgan fingerprint density at radius 1 is 1.36 bits per heavy atom. The second-order valence-electron chi connectivity index (χ2n) is 3.75. The first-order valence-corrected chi connectivity index (χ1v) is 4.43. The molecule has 0 radical (unpaired) electrons. The van der Waals surface area contributed by atoms with Crippen molar-refractivity contribution < 1.29 is 0 Å². The Kier molecular flexibility index (Phi) is 2.10. The summed E-state index contributed by atoms with van der Waals surface area (Å²) in [6.07, 6.45) is 0. The van der Waals surface area contributed by atoms with Crippen molar-refractivity contribution in [3.05, 3.63) is 16.1 Å². The Balaban J connectivity index is 3.13. The van der Waals surface area contributed by atoms with E-state index in [1.54, 1.807) is 0 Å². The molecule has 3 heteroatoms. The SMILES string of the molecule is Cc1[nH]c(Br)nc1C(C)(C)C. The predicted octanol–water partition coefficient (Wildman–Crippen LogP) is 2.78. The predicted molar refractivity (Wildman–Crippen MR) is 49.7 cm³/mol. The average Bonchev–Trinajstić information content (AvgIpc) is 2.08. The van der Waals surface area contributed by atoms with Gasteiger partial charge in [-0.3, -0.25) is 0 Å². The number of aryl methyl sites for hydroxylation is 1. The summed E-state index contributed by atoms with van der Waals surface area (Å²) in [5.41, 5.74) is 2.40. The molecule has 1 rings (SSSR count). The highest BCUT2D eigenvalue weighted by Gasteiger charge is 2.19. The van der Waals surface area contributed by atoms with Crippen molar-refractivity contribution in [3.63, 3.8) is 0 Å². The van der Waals surface area contributed by atoms with Crippen LogP contribution in [-0.4, -0.2) is 9.97 Å². The summed E-state index contributed by atoms with van der Waals surface area (Å²) >= 11 is 3.31. The molecule has 0 unspecified atom stereocenters. The van der Waals surface area contributed by atoms with E-state index in [-0.39, 0.29) is 5.41 Å². The first kappa shape index (κ1) is 8.78. The molecule has 1 heterocycles. The van der Waals surface area contributed by atoms with Gasteiger partial charge in [0.15, 0.2) is 4.73 Å². The molecule has 0 saturated heterocycles. The van der Waals surface area contributed by atoms with Crippen LogP contribution in [0.5, 0.6) is 0 Å². The third-order valence-electron chi connectivity index (χ3n) is 1.57. The number of nitrogens with one attached hydrogen (secondary N) is 1. The molecule has 0 amide bonds. The zero-order valence-electron chi connectivity index (χ0n) is 7.33. The van der Waals surface area contributed by atoms with Crippen LogP contribution in [0.4, 0.5) is 0 Å². The third kappa shape index (κ3) is 1.83. The maximum absolute atomic E-state index is 4.34. The molecule has 0 aliphatic carbocycles. The largest absolute Gasteiger partial charge is 0.336 e. The highest BCUT2D eigenvalue weighted by Crippen LogP contribution is 2.24. The Bertz CT molecular complexity index is 258. The zero-order valence-corrected chi connectivity index (χ0v) is 8.91. The Morgan fingerprint density at radius 3 is 2.09 bits per heavy atom. The standard InChI is InChI=1S/C8H13BrN2/c1-5-6(8(2,3)4)11-7(9)10-5/h1-4H3,(H,10,11). The first-order valence-electron chi connectivity index (χ1n) is 3.64. The number of aromatic amines is 1.